The standard InChI is InChI=1S/C22H15ClN4O3S2/c1-29-16-8-2-13(3-9-16)20-25-18(30-26-20)12-32-22-24-17-10-11-31-19(17)21(28)27(22)15-6-4-14(23)5-7-15/h2-11H,12H2,1H3. The fraction of sp³-hybridized carbons (Fsp3) is 0.0909. The van der Waals surface area contributed by atoms with Crippen molar-refractivity contribution in [3.63, 3.8) is 0 Å². The fourth-order valence-corrected chi connectivity index (χ4v) is 4.84. The predicted molar refractivity (Wildman–Crippen MR) is 126 cm³/mol. The van der Waals surface area contributed by atoms with Gasteiger partial charge in [0.1, 0.15) is 10.4 Å². The van der Waals surface area contributed by atoms with Gasteiger partial charge in [0.2, 0.25) is 11.7 Å². The Morgan fingerprint density at radius 3 is 2.62 bits per heavy atom. The van der Waals surface area contributed by atoms with Crippen LogP contribution in [0, 0.1) is 0 Å². The molecule has 3 aromatic heterocycles. The molecule has 2 aromatic carbocycles. The highest BCUT2D eigenvalue weighted by molar-refractivity contribution is 7.98. The van der Waals surface area contributed by atoms with Gasteiger partial charge in [-0.3, -0.25) is 9.36 Å². The molecule has 0 spiro atoms. The average Bonchev–Trinajstić information content (AvgIpc) is 3.49. The lowest BCUT2D eigenvalue weighted by Crippen LogP contribution is -2.20. The fourth-order valence-electron chi connectivity index (χ4n) is 3.10. The lowest BCUT2D eigenvalue weighted by molar-refractivity contribution is 0.391. The number of hydrogen-bond donors (Lipinski definition) is 0. The van der Waals surface area contributed by atoms with Crippen LogP contribution in [0.2, 0.25) is 5.02 Å². The second-order valence-corrected chi connectivity index (χ2v) is 8.97. The zero-order valence-electron chi connectivity index (χ0n) is 16.7. The molecule has 3 heterocycles. The minimum Gasteiger partial charge on any atom is -0.497 e. The molecule has 10 heteroatoms. The van der Waals surface area contributed by atoms with Crippen LogP contribution >= 0.6 is 34.7 Å². The normalized spacial score (nSPS) is 11.2. The maximum Gasteiger partial charge on any atom is 0.276 e. The molecule has 5 aromatic rings. The summed E-state index contributed by atoms with van der Waals surface area (Å²) in [5.74, 6) is 2.03. The summed E-state index contributed by atoms with van der Waals surface area (Å²) in [6.45, 7) is 0. The third-order valence-electron chi connectivity index (χ3n) is 4.68. The van der Waals surface area contributed by atoms with Crippen LogP contribution < -0.4 is 10.3 Å². The van der Waals surface area contributed by atoms with Crippen LogP contribution in [0.1, 0.15) is 5.89 Å². The molecular weight excluding hydrogens is 468 g/mol. The summed E-state index contributed by atoms with van der Waals surface area (Å²) >= 11 is 8.75. The Morgan fingerprint density at radius 2 is 1.88 bits per heavy atom. The van der Waals surface area contributed by atoms with Gasteiger partial charge in [-0.05, 0) is 60.0 Å². The highest BCUT2D eigenvalue weighted by Crippen LogP contribution is 2.27. The maximum atomic E-state index is 13.2. The van der Waals surface area contributed by atoms with Crippen molar-refractivity contribution < 1.29 is 9.26 Å². The molecule has 0 saturated heterocycles. The monoisotopic (exact) mass is 482 g/mol. The number of halogens is 1. The summed E-state index contributed by atoms with van der Waals surface area (Å²) < 4.78 is 12.8. The highest BCUT2D eigenvalue weighted by atomic mass is 35.5. The largest absolute Gasteiger partial charge is 0.497 e. The minimum atomic E-state index is -0.126. The predicted octanol–water partition coefficient (Wildman–Crippen LogP) is 5.45. The molecule has 0 bridgehead atoms. The van der Waals surface area contributed by atoms with Crippen molar-refractivity contribution in [3.8, 4) is 22.8 Å². The summed E-state index contributed by atoms with van der Waals surface area (Å²) in [5, 5.41) is 7.05. The van der Waals surface area contributed by atoms with Gasteiger partial charge in [0.25, 0.3) is 5.56 Å². The summed E-state index contributed by atoms with van der Waals surface area (Å²) in [7, 11) is 1.61. The number of aromatic nitrogens is 4. The Bertz CT molecular complexity index is 1440. The van der Waals surface area contributed by atoms with Crippen LogP contribution in [0.3, 0.4) is 0 Å². The molecule has 5 rings (SSSR count). The van der Waals surface area contributed by atoms with E-state index in [4.69, 9.17) is 25.8 Å². The molecule has 0 N–H and O–H groups in total. The number of methoxy groups -OCH3 is 1. The minimum absolute atomic E-state index is 0.126. The van der Waals surface area contributed by atoms with Gasteiger partial charge in [0.15, 0.2) is 5.16 Å². The van der Waals surface area contributed by atoms with Crippen molar-refractivity contribution in [1.29, 1.82) is 0 Å². The summed E-state index contributed by atoms with van der Waals surface area (Å²) in [5.41, 5.74) is 2.05. The molecule has 160 valence electrons. The maximum absolute atomic E-state index is 13.2. The summed E-state index contributed by atoms with van der Waals surface area (Å²) in [4.78, 5) is 22.3. The smallest absolute Gasteiger partial charge is 0.276 e. The molecule has 0 amide bonds. The van der Waals surface area contributed by atoms with Gasteiger partial charge < -0.3 is 9.26 Å². The Labute approximate surface area is 195 Å². The first-order chi connectivity index (χ1) is 15.6. The van der Waals surface area contributed by atoms with Crippen molar-refractivity contribution in [3.05, 3.63) is 81.2 Å². The molecule has 32 heavy (non-hydrogen) atoms. The molecule has 0 atom stereocenters. The van der Waals surface area contributed by atoms with Gasteiger partial charge in [-0.25, -0.2) is 4.98 Å². The van der Waals surface area contributed by atoms with Crippen molar-refractivity contribution in [1.82, 2.24) is 19.7 Å². The molecular formula is C22H15ClN4O3S2. The summed E-state index contributed by atoms with van der Waals surface area (Å²) in [6.07, 6.45) is 0. The first-order valence-electron chi connectivity index (χ1n) is 9.48. The number of rotatable bonds is 6. The van der Waals surface area contributed by atoms with Crippen molar-refractivity contribution in [2.24, 2.45) is 0 Å². The van der Waals surface area contributed by atoms with Crippen LogP contribution in [0.4, 0.5) is 0 Å². The zero-order chi connectivity index (χ0) is 22.1. The van der Waals surface area contributed by atoms with Crippen molar-refractivity contribution >= 4 is 44.9 Å². The Kier molecular flexibility index (Phi) is 5.69. The third kappa shape index (κ3) is 4.02. The van der Waals surface area contributed by atoms with Gasteiger partial charge in [0, 0.05) is 10.6 Å². The van der Waals surface area contributed by atoms with Crippen LogP contribution in [-0.4, -0.2) is 26.8 Å². The topological polar surface area (TPSA) is 83.0 Å². The first-order valence-corrected chi connectivity index (χ1v) is 11.7. The van der Waals surface area contributed by atoms with Crippen molar-refractivity contribution in [2.75, 3.05) is 7.11 Å². The van der Waals surface area contributed by atoms with E-state index >= 15 is 0 Å². The van der Waals surface area contributed by atoms with E-state index in [1.54, 1.807) is 35.9 Å². The van der Waals surface area contributed by atoms with Gasteiger partial charge in [0.05, 0.1) is 24.1 Å². The third-order valence-corrected chi connectivity index (χ3v) is 6.74. The molecule has 0 aliphatic rings. The molecule has 0 saturated carbocycles. The SMILES string of the molecule is COc1ccc(-c2noc(CSc3nc4ccsc4c(=O)n3-c3ccc(Cl)cc3)n2)cc1. The van der Waals surface area contributed by atoms with Gasteiger partial charge >= 0.3 is 0 Å². The van der Waals surface area contributed by atoms with E-state index in [1.165, 1.54) is 23.1 Å². The summed E-state index contributed by atoms with van der Waals surface area (Å²) in [6, 6.07) is 16.3. The number of hydrogen-bond acceptors (Lipinski definition) is 8. The van der Waals surface area contributed by atoms with Crippen LogP contribution in [-0.2, 0) is 5.75 Å². The second kappa shape index (κ2) is 8.78. The van der Waals surface area contributed by atoms with E-state index in [-0.39, 0.29) is 5.56 Å². The molecule has 0 unspecified atom stereocenters. The van der Waals surface area contributed by atoms with E-state index in [0.29, 0.717) is 43.6 Å². The van der Waals surface area contributed by atoms with E-state index in [1.807, 2.05) is 35.7 Å². The first kappa shape index (κ1) is 20.7. The Morgan fingerprint density at radius 1 is 1.09 bits per heavy atom. The van der Waals surface area contributed by atoms with Gasteiger partial charge in [-0.15, -0.1) is 11.3 Å². The number of thioether (sulfide) groups is 1. The Hall–Kier alpha value is -3.14. The lowest BCUT2D eigenvalue weighted by Gasteiger charge is -2.11. The lowest BCUT2D eigenvalue weighted by atomic mass is 10.2. The molecule has 0 aliphatic carbocycles. The van der Waals surface area contributed by atoms with E-state index in [9.17, 15) is 4.79 Å². The molecule has 0 fully saturated rings. The zero-order valence-corrected chi connectivity index (χ0v) is 19.1. The van der Waals surface area contributed by atoms with E-state index < -0.39 is 0 Å². The number of ether oxygens (including phenoxy) is 1. The number of fused-ring (bicyclic) bond motifs is 1. The quantitative estimate of drug-likeness (QED) is 0.235. The number of nitrogens with zero attached hydrogens (tertiary/aromatic N) is 4. The van der Waals surface area contributed by atoms with E-state index in [0.717, 1.165) is 11.3 Å². The molecule has 0 aliphatic heterocycles. The van der Waals surface area contributed by atoms with Crippen LogP contribution in [0.5, 0.6) is 5.75 Å². The molecule has 0 radical (unpaired) electrons. The van der Waals surface area contributed by atoms with Crippen molar-refractivity contribution in [2.45, 2.75) is 10.9 Å². The van der Waals surface area contributed by atoms with Crippen LogP contribution in [0.15, 0.2) is 74.5 Å². The van der Waals surface area contributed by atoms with Gasteiger partial charge in [-0.2, -0.15) is 4.98 Å². The van der Waals surface area contributed by atoms with E-state index in [2.05, 4.69) is 10.1 Å². The average molecular weight is 483 g/mol. The molecule has 7 nitrogen and oxygen atoms in total. The number of benzene rings is 2. The highest BCUT2D eigenvalue weighted by Gasteiger charge is 2.16. The van der Waals surface area contributed by atoms with Gasteiger partial charge in [-0.1, -0.05) is 28.5 Å². The Balaban J connectivity index is 1.45. The number of thiophene rings is 1. The van der Waals surface area contributed by atoms with Crippen LogP contribution in [0.25, 0.3) is 27.3 Å². The second-order valence-electron chi connectivity index (χ2n) is 6.68.